The minimum atomic E-state index is -0.838. The molecule has 4 atom stereocenters. The summed E-state index contributed by atoms with van der Waals surface area (Å²) in [4.78, 5) is 11.8. The first kappa shape index (κ1) is 19.8. The van der Waals surface area contributed by atoms with E-state index in [1.807, 2.05) is 6.92 Å². The van der Waals surface area contributed by atoms with Gasteiger partial charge in [0.1, 0.15) is 0 Å². The van der Waals surface area contributed by atoms with Crippen LogP contribution in [0.2, 0.25) is 0 Å². The third kappa shape index (κ3) is 3.19. The molecule has 1 saturated carbocycles. The largest absolute Gasteiger partial charge is 2.00 e. The van der Waals surface area contributed by atoms with Gasteiger partial charge in [0.05, 0.1) is 0 Å². The third-order valence-corrected chi connectivity index (χ3v) is 7.05. The SMILES string of the molecule is CC(C)C1=CC2=CC[C@@H]3[C@](C)(CCC[C@@]3(C)C(=O)[O-])[C@H]2CC1.[Ba+2]. The molecule has 3 heteroatoms. The first-order chi connectivity index (χ1) is 10.3. The van der Waals surface area contributed by atoms with Crippen LogP contribution in [0.5, 0.6) is 0 Å². The standard InChI is InChI=1S/C20H30O2.Ba/c1-13(2)14-6-8-16-15(12-14)7-9-17-19(16,3)10-5-11-20(17,4)18(21)22;/h7,12-13,16-17H,5-6,8-11H2,1-4H3,(H,21,22);/q;+2/p-1/t16-,17+,19+,20+;/m0./s1. The van der Waals surface area contributed by atoms with Gasteiger partial charge in [-0.05, 0) is 60.8 Å². The van der Waals surface area contributed by atoms with Crippen molar-refractivity contribution in [2.45, 2.75) is 66.2 Å². The number of carbonyl (C=O) groups is 1. The van der Waals surface area contributed by atoms with Gasteiger partial charge in [-0.15, -0.1) is 0 Å². The predicted octanol–water partition coefficient (Wildman–Crippen LogP) is 3.49. The van der Waals surface area contributed by atoms with Crippen LogP contribution in [0.25, 0.3) is 0 Å². The fourth-order valence-electron chi connectivity index (χ4n) is 5.59. The molecule has 0 aromatic rings. The van der Waals surface area contributed by atoms with E-state index in [4.69, 9.17) is 0 Å². The summed E-state index contributed by atoms with van der Waals surface area (Å²) in [6, 6.07) is 0. The number of carbonyl (C=O) groups excluding carboxylic acids is 1. The Morgan fingerprint density at radius 2 is 2.00 bits per heavy atom. The van der Waals surface area contributed by atoms with Gasteiger partial charge in [0.15, 0.2) is 0 Å². The van der Waals surface area contributed by atoms with Gasteiger partial charge in [-0.25, -0.2) is 0 Å². The van der Waals surface area contributed by atoms with Gasteiger partial charge < -0.3 is 9.90 Å². The minimum absolute atomic E-state index is 0. The van der Waals surface area contributed by atoms with E-state index >= 15 is 0 Å². The first-order valence-electron chi connectivity index (χ1n) is 8.91. The molecule has 1 fully saturated rings. The molecular formula is C20H29BaO2+. The summed E-state index contributed by atoms with van der Waals surface area (Å²) in [6.45, 7) is 8.83. The summed E-state index contributed by atoms with van der Waals surface area (Å²) in [7, 11) is 0. The van der Waals surface area contributed by atoms with Crippen LogP contribution < -0.4 is 5.11 Å². The molecule has 0 saturated heterocycles. The first-order valence-corrected chi connectivity index (χ1v) is 8.91. The zero-order valence-electron chi connectivity index (χ0n) is 15.2. The Kier molecular flexibility index (Phi) is 6.06. The van der Waals surface area contributed by atoms with Crippen molar-refractivity contribution in [3.8, 4) is 0 Å². The van der Waals surface area contributed by atoms with Gasteiger partial charge in [0, 0.05) is 11.4 Å². The Balaban J connectivity index is 0.00000192. The predicted molar refractivity (Wildman–Crippen MR) is 92.7 cm³/mol. The van der Waals surface area contributed by atoms with Crippen LogP contribution in [0.1, 0.15) is 66.2 Å². The second-order valence-corrected chi connectivity index (χ2v) is 8.52. The van der Waals surface area contributed by atoms with E-state index in [2.05, 4.69) is 32.9 Å². The van der Waals surface area contributed by atoms with E-state index in [-0.39, 0.29) is 60.2 Å². The summed E-state index contributed by atoms with van der Waals surface area (Å²) in [5, 5.41) is 11.8. The van der Waals surface area contributed by atoms with Crippen LogP contribution in [0.4, 0.5) is 0 Å². The molecule has 0 spiro atoms. The quantitative estimate of drug-likeness (QED) is 0.619. The van der Waals surface area contributed by atoms with E-state index in [1.165, 1.54) is 18.4 Å². The number of aliphatic carboxylic acids is 1. The summed E-state index contributed by atoms with van der Waals surface area (Å²) >= 11 is 0. The van der Waals surface area contributed by atoms with Crippen molar-refractivity contribution >= 4 is 54.9 Å². The van der Waals surface area contributed by atoms with Crippen molar-refractivity contribution in [3.63, 3.8) is 0 Å². The summed E-state index contributed by atoms with van der Waals surface area (Å²) in [6.07, 6.45) is 11.0. The van der Waals surface area contributed by atoms with E-state index in [9.17, 15) is 9.90 Å². The molecule has 3 aliphatic carbocycles. The van der Waals surface area contributed by atoms with Crippen LogP contribution >= 0.6 is 0 Å². The maximum absolute atomic E-state index is 11.8. The van der Waals surface area contributed by atoms with E-state index in [0.29, 0.717) is 11.8 Å². The number of hydrogen-bond donors (Lipinski definition) is 0. The van der Waals surface area contributed by atoms with Gasteiger partial charge in [-0.1, -0.05) is 51.8 Å². The molecule has 0 amide bonds. The molecule has 0 aromatic carbocycles. The number of carboxylic acid groups (broad SMARTS) is 1. The fourth-order valence-corrected chi connectivity index (χ4v) is 5.59. The maximum atomic E-state index is 11.8. The number of fused-ring (bicyclic) bond motifs is 3. The zero-order valence-corrected chi connectivity index (χ0v) is 19.6. The number of allylic oxidation sites excluding steroid dienone is 4. The van der Waals surface area contributed by atoms with Crippen molar-refractivity contribution in [1.82, 2.24) is 0 Å². The van der Waals surface area contributed by atoms with E-state index in [1.54, 1.807) is 5.57 Å². The normalized spacial score (nSPS) is 39.5. The molecule has 0 aliphatic heterocycles. The third-order valence-electron chi connectivity index (χ3n) is 7.05. The smallest absolute Gasteiger partial charge is 0.550 e. The van der Waals surface area contributed by atoms with E-state index < -0.39 is 11.4 Å². The maximum Gasteiger partial charge on any atom is 2.00 e. The summed E-state index contributed by atoms with van der Waals surface area (Å²) in [5.41, 5.74) is 2.51. The van der Waals surface area contributed by atoms with Gasteiger partial charge in [0.25, 0.3) is 0 Å². The molecule has 0 radical (unpaired) electrons. The van der Waals surface area contributed by atoms with Crippen LogP contribution in [-0.4, -0.2) is 54.9 Å². The van der Waals surface area contributed by atoms with E-state index in [0.717, 1.165) is 25.7 Å². The Morgan fingerprint density at radius 1 is 1.30 bits per heavy atom. The Morgan fingerprint density at radius 3 is 2.61 bits per heavy atom. The molecule has 0 heterocycles. The molecule has 2 nitrogen and oxygen atoms in total. The Bertz CT molecular complexity index is 548. The zero-order chi connectivity index (χ0) is 16.1. The average Bonchev–Trinajstić information content (AvgIpc) is 2.46. The second-order valence-electron chi connectivity index (χ2n) is 8.52. The van der Waals surface area contributed by atoms with Crippen molar-refractivity contribution in [1.29, 1.82) is 0 Å². The molecule has 0 bridgehead atoms. The second kappa shape index (κ2) is 7.03. The van der Waals surface area contributed by atoms with Crippen molar-refractivity contribution in [2.24, 2.45) is 28.6 Å². The molecule has 3 rings (SSSR count). The molecule has 23 heavy (non-hydrogen) atoms. The minimum Gasteiger partial charge on any atom is -0.550 e. The summed E-state index contributed by atoms with van der Waals surface area (Å²) in [5.74, 6) is 0.538. The van der Waals surface area contributed by atoms with Crippen molar-refractivity contribution < 1.29 is 9.90 Å². The fraction of sp³-hybridized carbons (Fsp3) is 0.750. The summed E-state index contributed by atoms with van der Waals surface area (Å²) < 4.78 is 0. The molecule has 0 unspecified atom stereocenters. The van der Waals surface area contributed by atoms with Gasteiger partial charge in [0.2, 0.25) is 0 Å². The van der Waals surface area contributed by atoms with Crippen LogP contribution in [0.3, 0.4) is 0 Å². The van der Waals surface area contributed by atoms with Crippen LogP contribution in [-0.2, 0) is 4.79 Å². The number of carboxylic acids is 1. The molecular weight excluding hydrogens is 410 g/mol. The van der Waals surface area contributed by atoms with Crippen LogP contribution in [0.15, 0.2) is 23.3 Å². The van der Waals surface area contributed by atoms with Crippen molar-refractivity contribution in [2.75, 3.05) is 0 Å². The molecule has 3 aliphatic rings. The molecule has 0 N–H and O–H groups in total. The van der Waals surface area contributed by atoms with Gasteiger partial charge >= 0.3 is 48.9 Å². The van der Waals surface area contributed by atoms with Crippen molar-refractivity contribution in [3.05, 3.63) is 23.3 Å². The molecule has 0 aromatic heterocycles. The number of hydrogen-bond acceptors (Lipinski definition) is 2. The average molecular weight is 439 g/mol. The Hall–Kier alpha value is 0.521. The Labute approximate surface area is 181 Å². The number of rotatable bonds is 2. The topological polar surface area (TPSA) is 40.1 Å². The van der Waals surface area contributed by atoms with Gasteiger partial charge in [-0.3, -0.25) is 0 Å². The van der Waals surface area contributed by atoms with Gasteiger partial charge in [-0.2, -0.15) is 0 Å². The monoisotopic (exact) mass is 439 g/mol. The molecule has 122 valence electrons. The van der Waals surface area contributed by atoms with Crippen LogP contribution in [0, 0.1) is 28.6 Å².